The Balaban J connectivity index is 1.97. The average molecular weight is 420 g/mol. The maximum Gasteiger partial charge on any atom is 0.338 e. The number of hydrogen-bond acceptors (Lipinski definition) is 7. The van der Waals surface area contributed by atoms with Crippen molar-refractivity contribution in [2.45, 2.75) is 26.7 Å². The minimum absolute atomic E-state index is 0.203. The first-order valence-electron chi connectivity index (χ1n) is 9.20. The van der Waals surface area contributed by atoms with Crippen molar-refractivity contribution in [2.75, 3.05) is 25.1 Å². The van der Waals surface area contributed by atoms with Gasteiger partial charge in [0.25, 0.3) is 11.8 Å². The second kappa shape index (κ2) is 11.1. The van der Waals surface area contributed by atoms with Gasteiger partial charge in [-0.3, -0.25) is 9.59 Å². The Morgan fingerprint density at radius 1 is 1.10 bits per heavy atom. The van der Waals surface area contributed by atoms with Gasteiger partial charge in [0.15, 0.2) is 18.1 Å². The van der Waals surface area contributed by atoms with E-state index >= 15 is 0 Å². The van der Waals surface area contributed by atoms with Crippen LogP contribution in [-0.4, -0.2) is 37.6 Å². The quantitative estimate of drug-likeness (QED) is 0.426. The number of nitrogens with two attached hydrogens (primary N) is 1. The molecular weight excluding hydrogens is 396 g/mol. The number of unbranched alkanes of at least 4 members (excludes halogenated alkanes) is 1. The fourth-order valence-electron chi connectivity index (χ4n) is 2.33. The van der Waals surface area contributed by atoms with Gasteiger partial charge in [-0.05, 0) is 43.0 Å². The van der Waals surface area contributed by atoms with Crippen molar-refractivity contribution in [2.24, 2.45) is 5.73 Å². The summed E-state index contributed by atoms with van der Waals surface area (Å²) in [6.07, 6.45) is 1.91. The SMILES string of the molecule is CCCCOc1ccc(C(=O)OCC(=O)Nc2sccc2C(N)=O)cc1OCC. The number of esters is 1. The summed E-state index contributed by atoms with van der Waals surface area (Å²) in [7, 11) is 0. The molecule has 0 bridgehead atoms. The van der Waals surface area contributed by atoms with E-state index in [-0.39, 0.29) is 11.1 Å². The highest BCUT2D eigenvalue weighted by molar-refractivity contribution is 7.14. The lowest BCUT2D eigenvalue weighted by Crippen LogP contribution is -2.22. The summed E-state index contributed by atoms with van der Waals surface area (Å²) in [5.74, 6) is -0.919. The number of hydrogen-bond donors (Lipinski definition) is 2. The minimum atomic E-state index is -0.678. The van der Waals surface area contributed by atoms with Crippen LogP contribution < -0.4 is 20.5 Å². The number of carbonyl (C=O) groups excluding carboxylic acids is 3. The van der Waals surface area contributed by atoms with Crippen molar-refractivity contribution in [3.8, 4) is 11.5 Å². The topological polar surface area (TPSA) is 117 Å². The Bertz CT molecular complexity index is 864. The molecule has 2 aromatic rings. The minimum Gasteiger partial charge on any atom is -0.490 e. The molecule has 2 rings (SSSR count). The van der Waals surface area contributed by atoms with Crippen LogP contribution in [0.3, 0.4) is 0 Å². The molecule has 1 heterocycles. The van der Waals surface area contributed by atoms with E-state index in [0.717, 1.165) is 24.2 Å². The van der Waals surface area contributed by atoms with Crippen molar-refractivity contribution in [1.82, 2.24) is 0 Å². The fourth-order valence-corrected chi connectivity index (χ4v) is 3.13. The van der Waals surface area contributed by atoms with E-state index in [2.05, 4.69) is 12.2 Å². The van der Waals surface area contributed by atoms with E-state index in [1.807, 2.05) is 6.92 Å². The van der Waals surface area contributed by atoms with Crippen LogP contribution in [-0.2, 0) is 9.53 Å². The smallest absolute Gasteiger partial charge is 0.338 e. The molecule has 8 nitrogen and oxygen atoms in total. The molecule has 0 unspecified atom stereocenters. The van der Waals surface area contributed by atoms with Crippen LogP contribution in [0.4, 0.5) is 5.00 Å². The second-order valence-corrected chi connectivity index (χ2v) is 6.86. The predicted octanol–water partition coefficient (Wildman–Crippen LogP) is 3.22. The predicted molar refractivity (Wildman–Crippen MR) is 110 cm³/mol. The molecule has 29 heavy (non-hydrogen) atoms. The van der Waals surface area contributed by atoms with E-state index < -0.39 is 24.4 Å². The summed E-state index contributed by atoms with van der Waals surface area (Å²) >= 11 is 1.15. The molecular formula is C20H24N2O6S. The largest absolute Gasteiger partial charge is 0.490 e. The zero-order chi connectivity index (χ0) is 21.2. The van der Waals surface area contributed by atoms with Crippen LogP contribution >= 0.6 is 11.3 Å². The lowest BCUT2D eigenvalue weighted by Gasteiger charge is -2.13. The first-order valence-corrected chi connectivity index (χ1v) is 10.1. The van der Waals surface area contributed by atoms with Gasteiger partial charge in [-0.25, -0.2) is 4.79 Å². The third-order valence-electron chi connectivity index (χ3n) is 3.75. The summed E-state index contributed by atoms with van der Waals surface area (Å²) in [6, 6.07) is 6.22. The van der Waals surface area contributed by atoms with Crippen LogP contribution in [0.2, 0.25) is 0 Å². The maximum atomic E-state index is 12.3. The van der Waals surface area contributed by atoms with E-state index in [4.69, 9.17) is 19.9 Å². The fraction of sp³-hybridized carbons (Fsp3) is 0.350. The standard InChI is InChI=1S/C20H24N2O6S/c1-3-5-9-27-15-7-6-13(11-16(15)26-4-2)20(25)28-12-17(23)22-19-14(18(21)24)8-10-29-19/h6-8,10-11H,3-5,9,12H2,1-2H3,(H2,21,24)(H,22,23). The Morgan fingerprint density at radius 2 is 1.90 bits per heavy atom. The van der Waals surface area contributed by atoms with Gasteiger partial charge in [-0.1, -0.05) is 13.3 Å². The lowest BCUT2D eigenvalue weighted by atomic mass is 10.2. The monoisotopic (exact) mass is 420 g/mol. The number of primary amides is 1. The molecule has 0 spiro atoms. The average Bonchev–Trinajstić information content (AvgIpc) is 3.16. The molecule has 1 aromatic heterocycles. The Kier molecular flexibility index (Phi) is 8.47. The summed E-state index contributed by atoms with van der Waals surface area (Å²) in [5.41, 5.74) is 5.67. The molecule has 0 aliphatic carbocycles. The van der Waals surface area contributed by atoms with Crippen LogP contribution in [0.1, 0.15) is 47.4 Å². The molecule has 0 fully saturated rings. The van der Waals surface area contributed by atoms with Gasteiger partial charge >= 0.3 is 5.97 Å². The number of rotatable bonds is 11. The number of carbonyl (C=O) groups is 3. The van der Waals surface area contributed by atoms with Crippen LogP contribution in [0.15, 0.2) is 29.6 Å². The van der Waals surface area contributed by atoms with Crippen LogP contribution in [0.5, 0.6) is 11.5 Å². The highest BCUT2D eigenvalue weighted by Crippen LogP contribution is 2.29. The zero-order valence-corrected chi connectivity index (χ0v) is 17.2. The molecule has 0 saturated carbocycles. The van der Waals surface area contributed by atoms with Crippen LogP contribution in [0.25, 0.3) is 0 Å². The Morgan fingerprint density at radius 3 is 2.59 bits per heavy atom. The molecule has 2 amide bonds. The van der Waals surface area contributed by atoms with Gasteiger partial charge in [0.2, 0.25) is 0 Å². The number of ether oxygens (including phenoxy) is 3. The van der Waals surface area contributed by atoms with Gasteiger partial charge in [0, 0.05) is 0 Å². The Hall–Kier alpha value is -3.07. The molecule has 0 aliphatic rings. The molecule has 0 atom stereocenters. The maximum absolute atomic E-state index is 12.3. The molecule has 9 heteroatoms. The molecule has 1 aromatic carbocycles. The van der Waals surface area contributed by atoms with Gasteiger partial charge in [0.05, 0.1) is 24.3 Å². The number of benzene rings is 1. The third-order valence-corrected chi connectivity index (χ3v) is 4.58. The van der Waals surface area contributed by atoms with Crippen molar-refractivity contribution in [3.05, 3.63) is 40.8 Å². The van der Waals surface area contributed by atoms with Gasteiger partial charge < -0.3 is 25.3 Å². The van der Waals surface area contributed by atoms with Gasteiger partial charge in [-0.2, -0.15) is 0 Å². The van der Waals surface area contributed by atoms with E-state index in [1.165, 1.54) is 12.1 Å². The van der Waals surface area contributed by atoms with Crippen molar-refractivity contribution < 1.29 is 28.6 Å². The highest BCUT2D eigenvalue weighted by Gasteiger charge is 2.16. The Labute approximate surface area is 172 Å². The summed E-state index contributed by atoms with van der Waals surface area (Å²) in [5, 5.41) is 4.44. The summed E-state index contributed by atoms with van der Waals surface area (Å²) < 4.78 is 16.3. The van der Waals surface area contributed by atoms with Crippen molar-refractivity contribution >= 4 is 34.1 Å². The van der Waals surface area contributed by atoms with Crippen LogP contribution in [0, 0.1) is 0 Å². The van der Waals surface area contributed by atoms with E-state index in [9.17, 15) is 14.4 Å². The highest BCUT2D eigenvalue weighted by atomic mass is 32.1. The summed E-state index contributed by atoms with van der Waals surface area (Å²) in [6.45, 7) is 4.35. The first kappa shape index (κ1) is 22.2. The molecule has 0 radical (unpaired) electrons. The molecule has 3 N–H and O–H groups in total. The van der Waals surface area contributed by atoms with Crippen molar-refractivity contribution in [3.63, 3.8) is 0 Å². The normalized spacial score (nSPS) is 10.3. The number of nitrogens with one attached hydrogen (secondary N) is 1. The number of amides is 2. The molecule has 156 valence electrons. The van der Waals surface area contributed by atoms with E-state index in [1.54, 1.807) is 17.5 Å². The zero-order valence-electron chi connectivity index (χ0n) is 16.4. The van der Waals surface area contributed by atoms with Crippen molar-refractivity contribution in [1.29, 1.82) is 0 Å². The molecule has 0 saturated heterocycles. The third kappa shape index (κ3) is 6.49. The molecule has 0 aliphatic heterocycles. The summed E-state index contributed by atoms with van der Waals surface area (Å²) in [4.78, 5) is 35.6. The number of thiophene rings is 1. The lowest BCUT2D eigenvalue weighted by molar-refractivity contribution is -0.119. The number of anilines is 1. The van der Waals surface area contributed by atoms with Gasteiger partial charge in [0.1, 0.15) is 5.00 Å². The van der Waals surface area contributed by atoms with E-state index in [0.29, 0.717) is 29.7 Å². The second-order valence-electron chi connectivity index (χ2n) is 5.95. The first-order chi connectivity index (χ1) is 14.0. The van der Waals surface area contributed by atoms with Gasteiger partial charge in [-0.15, -0.1) is 11.3 Å².